The van der Waals surface area contributed by atoms with E-state index in [4.69, 9.17) is 14.0 Å². The topological polar surface area (TPSA) is 44.8 Å². The lowest BCUT2D eigenvalue weighted by molar-refractivity contribution is -0.139. The van der Waals surface area contributed by atoms with E-state index in [1.807, 2.05) is 64.1 Å². The second-order valence-electron chi connectivity index (χ2n) is 7.20. The second kappa shape index (κ2) is 5.90. The van der Waals surface area contributed by atoms with Crippen LogP contribution in [0, 0.1) is 0 Å². The largest absolute Gasteiger partial charge is 0.495 e. The molecule has 0 N–H and O–H groups in total. The quantitative estimate of drug-likeness (QED) is 0.643. The summed E-state index contributed by atoms with van der Waals surface area (Å²) in [6.07, 6.45) is 0.251. The molecule has 24 heavy (non-hydrogen) atoms. The first-order valence-electron chi connectivity index (χ1n) is 8.18. The minimum absolute atomic E-state index is 0.247. The lowest BCUT2D eigenvalue weighted by Crippen LogP contribution is -2.41. The van der Waals surface area contributed by atoms with Gasteiger partial charge < -0.3 is 14.0 Å². The Morgan fingerprint density at radius 2 is 1.58 bits per heavy atom. The molecule has 126 valence electrons. The number of hydrogen-bond donors (Lipinski definition) is 0. The van der Waals surface area contributed by atoms with Gasteiger partial charge in [-0.1, -0.05) is 36.4 Å². The van der Waals surface area contributed by atoms with Crippen LogP contribution in [0.3, 0.4) is 0 Å². The van der Waals surface area contributed by atoms with Gasteiger partial charge in [0.25, 0.3) is 0 Å². The zero-order chi connectivity index (χ0) is 17.5. The van der Waals surface area contributed by atoms with Crippen LogP contribution in [0.25, 0.3) is 10.8 Å². The number of carbonyl (C=O) groups excluding carboxylic acids is 1. The lowest BCUT2D eigenvalue weighted by atomic mass is 9.75. The number of rotatable bonds is 3. The zero-order valence-electron chi connectivity index (χ0n) is 14.9. The molecule has 2 aromatic carbocycles. The molecule has 0 amide bonds. The van der Waals surface area contributed by atoms with Crippen molar-refractivity contribution in [3.63, 3.8) is 0 Å². The number of ether oxygens (including phenoxy) is 1. The Balaban J connectivity index is 2.05. The molecule has 0 aromatic heterocycles. The summed E-state index contributed by atoms with van der Waals surface area (Å²) in [4.78, 5) is 11.7. The molecule has 3 rings (SSSR count). The molecule has 2 aromatic rings. The summed E-state index contributed by atoms with van der Waals surface area (Å²) in [6, 6.07) is 12.0. The molecule has 0 aliphatic carbocycles. The van der Waals surface area contributed by atoms with Crippen molar-refractivity contribution in [1.82, 2.24) is 0 Å². The standard InChI is InChI=1S/C19H23BO4/c1-18(2)19(3,4)24-20(23-18)16-11-10-13(12-17(21)22-5)14-8-6-7-9-15(14)16/h6-11H,12H2,1-5H3. The van der Waals surface area contributed by atoms with Crippen LogP contribution in [0.15, 0.2) is 36.4 Å². The number of carbonyl (C=O) groups is 1. The Labute approximate surface area is 143 Å². The highest BCUT2D eigenvalue weighted by Gasteiger charge is 2.52. The van der Waals surface area contributed by atoms with Crippen molar-refractivity contribution in [2.24, 2.45) is 0 Å². The van der Waals surface area contributed by atoms with Crippen LogP contribution in [0.5, 0.6) is 0 Å². The highest BCUT2D eigenvalue weighted by molar-refractivity contribution is 6.65. The van der Waals surface area contributed by atoms with Gasteiger partial charge in [0.15, 0.2) is 0 Å². The molecule has 1 aliphatic rings. The van der Waals surface area contributed by atoms with Gasteiger partial charge in [-0.3, -0.25) is 4.79 Å². The molecule has 1 heterocycles. The molecule has 0 saturated carbocycles. The number of methoxy groups -OCH3 is 1. The number of fused-ring (bicyclic) bond motifs is 1. The van der Waals surface area contributed by atoms with Crippen molar-refractivity contribution in [2.45, 2.75) is 45.3 Å². The van der Waals surface area contributed by atoms with Crippen LogP contribution >= 0.6 is 0 Å². The first-order valence-corrected chi connectivity index (χ1v) is 8.18. The fraction of sp³-hybridized carbons (Fsp3) is 0.421. The maximum absolute atomic E-state index is 11.7. The van der Waals surface area contributed by atoms with Crippen LogP contribution in [0.4, 0.5) is 0 Å². The number of benzene rings is 2. The van der Waals surface area contributed by atoms with Crippen molar-refractivity contribution in [2.75, 3.05) is 7.11 Å². The van der Waals surface area contributed by atoms with Crippen molar-refractivity contribution in [3.8, 4) is 0 Å². The van der Waals surface area contributed by atoms with Crippen molar-refractivity contribution >= 4 is 29.3 Å². The predicted octanol–water partition coefficient (Wildman–Crippen LogP) is 2.85. The minimum atomic E-state index is -0.424. The van der Waals surface area contributed by atoms with E-state index in [0.717, 1.165) is 21.8 Å². The van der Waals surface area contributed by atoms with Crippen LogP contribution in [0.1, 0.15) is 33.3 Å². The maximum Gasteiger partial charge on any atom is 0.495 e. The van der Waals surface area contributed by atoms with E-state index in [1.165, 1.54) is 7.11 Å². The van der Waals surface area contributed by atoms with Gasteiger partial charge in [-0.15, -0.1) is 0 Å². The third kappa shape index (κ3) is 2.83. The Bertz CT molecular complexity index is 766. The number of esters is 1. The Morgan fingerprint density at radius 3 is 2.17 bits per heavy atom. The molecule has 1 saturated heterocycles. The average molecular weight is 326 g/mol. The molecule has 0 spiro atoms. The monoisotopic (exact) mass is 326 g/mol. The van der Waals surface area contributed by atoms with E-state index >= 15 is 0 Å². The highest BCUT2D eigenvalue weighted by Crippen LogP contribution is 2.37. The van der Waals surface area contributed by atoms with E-state index in [-0.39, 0.29) is 23.6 Å². The van der Waals surface area contributed by atoms with E-state index in [9.17, 15) is 4.79 Å². The first-order chi connectivity index (χ1) is 11.2. The summed E-state index contributed by atoms with van der Waals surface area (Å²) in [5, 5.41) is 2.06. The van der Waals surface area contributed by atoms with Gasteiger partial charge in [0, 0.05) is 0 Å². The van der Waals surface area contributed by atoms with Gasteiger partial charge in [-0.2, -0.15) is 0 Å². The molecule has 0 atom stereocenters. The number of hydrogen-bond acceptors (Lipinski definition) is 4. The molecular weight excluding hydrogens is 303 g/mol. The Kier molecular flexibility index (Phi) is 4.18. The van der Waals surface area contributed by atoms with Crippen molar-refractivity contribution in [3.05, 3.63) is 42.0 Å². The molecule has 0 bridgehead atoms. The van der Waals surface area contributed by atoms with Gasteiger partial charge in [0.2, 0.25) is 0 Å². The first kappa shape index (κ1) is 17.0. The summed E-state index contributed by atoms with van der Waals surface area (Å²) in [7, 11) is 0.982. The van der Waals surface area contributed by atoms with E-state index < -0.39 is 7.12 Å². The molecule has 1 aliphatic heterocycles. The minimum Gasteiger partial charge on any atom is -0.469 e. The van der Waals surface area contributed by atoms with Gasteiger partial charge >= 0.3 is 13.1 Å². The Hall–Kier alpha value is -1.85. The highest BCUT2D eigenvalue weighted by atomic mass is 16.7. The van der Waals surface area contributed by atoms with Crippen molar-refractivity contribution < 1.29 is 18.8 Å². The lowest BCUT2D eigenvalue weighted by Gasteiger charge is -2.32. The zero-order valence-corrected chi connectivity index (χ0v) is 14.9. The molecular formula is C19H23BO4. The van der Waals surface area contributed by atoms with Gasteiger partial charge in [0.1, 0.15) is 0 Å². The van der Waals surface area contributed by atoms with Crippen LogP contribution in [0.2, 0.25) is 0 Å². The summed E-state index contributed by atoms with van der Waals surface area (Å²) in [6.45, 7) is 8.17. The van der Waals surface area contributed by atoms with E-state index in [2.05, 4.69) is 0 Å². The Morgan fingerprint density at radius 1 is 1.00 bits per heavy atom. The third-order valence-corrected chi connectivity index (χ3v) is 5.12. The fourth-order valence-corrected chi connectivity index (χ4v) is 2.94. The van der Waals surface area contributed by atoms with Crippen LogP contribution < -0.4 is 5.46 Å². The van der Waals surface area contributed by atoms with Crippen molar-refractivity contribution in [1.29, 1.82) is 0 Å². The third-order valence-electron chi connectivity index (χ3n) is 5.12. The predicted molar refractivity (Wildman–Crippen MR) is 95.4 cm³/mol. The fourth-order valence-electron chi connectivity index (χ4n) is 2.94. The molecule has 0 unspecified atom stereocenters. The van der Waals surface area contributed by atoms with Gasteiger partial charge in [-0.05, 0) is 49.5 Å². The van der Waals surface area contributed by atoms with Crippen LogP contribution in [-0.2, 0) is 25.3 Å². The smallest absolute Gasteiger partial charge is 0.469 e. The van der Waals surface area contributed by atoms with E-state index in [0.29, 0.717) is 0 Å². The normalized spacial score (nSPS) is 18.8. The summed E-state index contributed by atoms with van der Waals surface area (Å²) in [5.74, 6) is -0.247. The molecule has 0 radical (unpaired) electrons. The van der Waals surface area contributed by atoms with Crippen LogP contribution in [-0.4, -0.2) is 31.4 Å². The summed E-state index contributed by atoms with van der Waals surface area (Å²) in [5.41, 5.74) is 1.16. The molecule has 5 heteroatoms. The van der Waals surface area contributed by atoms with E-state index in [1.54, 1.807) is 0 Å². The SMILES string of the molecule is COC(=O)Cc1ccc(B2OC(C)(C)C(C)(C)O2)c2ccccc12. The summed E-state index contributed by atoms with van der Waals surface area (Å²) >= 11 is 0. The molecule has 4 nitrogen and oxygen atoms in total. The second-order valence-corrected chi connectivity index (χ2v) is 7.20. The maximum atomic E-state index is 11.7. The van der Waals surface area contributed by atoms with Gasteiger partial charge in [-0.25, -0.2) is 0 Å². The van der Waals surface area contributed by atoms with Gasteiger partial charge in [0.05, 0.1) is 24.7 Å². The average Bonchev–Trinajstić information content (AvgIpc) is 2.75. The summed E-state index contributed by atoms with van der Waals surface area (Å²) < 4.78 is 17.2. The molecule has 1 fully saturated rings.